The molecule has 1 amide bonds. The van der Waals surface area contributed by atoms with Crippen LogP contribution in [0.3, 0.4) is 0 Å². The molecular formula is C14H8FNO3S. The standard InChI is InChI=1S/C14H8FNO3S/c15-8-4-7-5-9(11-2-1-3-20-11)14(18)19-12(7)10(6-8)13(16)17/h1-6H,(H2,16,17). The molecule has 0 unspecified atom stereocenters. The lowest BCUT2D eigenvalue weighted by Crippen LogP contribution is -2.13. The van der Waals surface area contributed by atoms with Crippen LogP contribution in [0.15, 0.2) is 44.9 Å². The Kier molecular flexibility index (Phi) is 2.87. The lowest BCUT2D eigenvalue weighted by molar-refractivity contribution is 0.100. The third-order valence-corrected chi connectivity index (χ3v) is 3.75. The van der Waals surface area contributed by atoms with E-state index in [-0.39, 0.29) is 11.1 Å². The quantitative estimate of drug-likeness (QED) is 0.737. The smallest absolute Gasteiger partial charge is 0.345 e. The van der Waals surface area contributed by atoms with Gasteiger partial charge in [0.15, 0.2) is 5.58 Å². The van der Waals surface area contributed by atoms with Crippen molar-refractivity contribution in [2.45, 2.75) is 0 Å². The van der Waals surface area contributed by atoms with Gasteiger partial charge in [-0.1, -0.05) is 6.07 Å². The molecule has 0 spiro atoms. The zero-order chi connectivity index (χ0) is 14.3. The fraction of sp³-hybridized carbons (Fsp3) is 0. The highest BCUT2D eigenvalue weighted by molar-refractivity contribution is 7.13. The van der Waals surface area contributed by atoms with Crippen LogP contribution in [0.25, 0.3) is 21.4 Å². The summed E-state index contributed by atoms with van der Waals surface area (Å²) in [5.74, 6) is -1.46. The summed E-state index contributed by atoms with van der Waals surface area (Å²) in [6.07, 6.45) is 0. The van der Waals surface area contributed by atoms with Gasteiger partial charge in [-0.05, 0) is 29.6 Å². The lowest BCUT2D eigenvalue weighted by atomic mass is 10.1. The zero-order valence-corrected chi connectivity index (χ0v) is 10.9. The Morgan fingerprint density at radius 3 is 2.75 bits per heavy atom. The number of fused-ring (bicyclic) bond motifs is 1. The number of hydrogen-bond acceptors (Lipinski definition) is 4. The first-order chi connectivity index (χ1) is 9.56. The van der Waals surface area contributed by atoms with E-state index in [2.05, 4.69) is 0 Å². The maximum atomic E-state index is 13.5. The molecule has 2 N–H and O–H groups in total. The molecule has 1 aromatic carbocycles. The average Bonchev–Trinajstić information content (AvgIpc) is 2.91. The number of nitrogens with two attached hydrogens (primary N) is 1. The predicted molar refractivity (Wildman–Crippen MR) is 74.3 cm³/mol. The monoisotopic (exact) mass is 289 g/mol. The van der Waals surface area contributed by atoms with Gasteiger partial charge in [-0.3, -0.25) is 4.79 Å². The first-order valence-electron chi connectivity index (χ1n) is 5.67. The van der Waals surface area contributed by atoms with Gasteiger partial charge in [0.05, 0.1) is 11.1 Å². The highest BCUT2D eigenvalue weighted by Gasteiger charge is 2.15. The number of primary amides is 1. The van der Waals surface area contributed by atoms with Gasteiger partial charge in [-0.25, -0.2) is 9.18 Å². The van der Waals surface area contributed by atoms with Gasteiger partial charge in [-0.15, -0.1) is 11.3 Å². The summed E-state index contributed by atoms with van der Waals surface area (Å²) in [5.41, 5.74) is 4.76. The molecule has 0 aliphatic heterocycles. The molecule has 0 fully saturated rings. The number of halogens is 1. The van der Waals surface area contributed by atoms with E-state index in [9.17, 15) is 14.0 Å². The van der Waals surface area contributed by atoms with Crippen molar-refractivity contribution in [3.05, 3.63) is 57.5 Å². The summed E-state index contributed by atoms with van der Waals surface area (Å²) < 4.78 is 18.7. The second-order valence-electron chi connectivity index (χ2n) is 4.16. The Labute approximate surface area is 116 Å². The lowest BCUT2D eigenvalue weighted by Gasteiger charge is -2.04. The van der Waals surface area contributed by atoms with Gasteiger partial charge in [0.25, 0.3) is 5.91 Å². The Balaban J connectivity index is 2.37. The average molecular weight is 289 g/mol. The fourth-order valence-corrected chi connectivity index (χ4v) is 2.71. The molecule has 2 heterocycles. The SMILES string of the molecule is NC(=O)c1cc(F)cc2cc(-c3cccs3)c(=O)oc12. The molecule has 0 aliphatic rings. The molecule has 3 rings (SSSR count). The van der Waals surface area contributed by atoms with Gasteiger partial charge < -0.3 is 10.2 Å². The largest absolute Gasteiger partial charge is 0.421 e. The van der Waals surface area contributed by atoms with E-state index in [1.54, 1.807) is 12.1 Å². The van der Waals surface area contributed by atoms with Crippen molar-refractivity contribution in [3.8, 4) is 10.4 Å². The molecule has 0 radical (unpaired) electrons. The van der Waals surface area contributed by atoms with Gasteiger partial charge >= 0.3 is 5.63 Å². The molecule has 0 aliphatic carbocycles. The molecule has 0 saturated heterocycles. The van der Waals surface area contributed by atoms with E-state index < -0.39 is 17.3 Å². The van der Waals surface area contributed by atoms with Crippen molar-refractivity contribution in [2.75, 3.05) is 0 Å². The summed E-state index contributed by atoms with van der Waals surface area (Å²) in [4.78, 5) is 24.0. The number of carbonyl (C=O) groups is 1. The van der Waals surface area contributed by atoms with Crippen molar-refractivity contribution >= 4 is 28.2 Å². The number of carbonyl (C=O) groups excluding carboxylic acids is 1. The second kappa shape index (κ2) is 4.57. The van der Waals surface area contributed by atoms with Gasteiger partial charge in [0, 0.05) is 10.3 Å². The van der Waals surface area contributed by atoms with Crippen LogP contribution in [-0.4, -0.2) is 5.91 Å². The molecule has 100 valence electrons. The summed E-state index contributed by atoms with van der Waals surface area (Å²) in [6, 6.07) is 7.21. The summed E-state index contributed by atoms with van der Waals surface area (Å²) in [5, 5.41) is 2.14. The van der Waals surface area contributed by atoms with Crippen molar-refractivity contribution in [3.63, 3.8) is 0 Å². The molecule has 20 heavy (non-hydrogen) atoms. The van der Waals surface area contributed by atoms with Crippen LogP contribution >= 0.6 is 11.3 Å². The maximum Gasteiger partial charge on any atom is 0.345 e. The molecule has 4 nitrogen and oxygen atoms in total. The number of thiophene rings is 1. The molecule has 6 heteroatoms. The summed E-state index contributed by atoms with van der Waals surface area (Å²) in [6.45, 7) is 0. The van der Waals surface area contributed by atoms with Crippen LogP contribution in [0.4, 0.5) is 4.39 Å². The first-order valence-corrected chi connectivity index (χ1v) is 6.55. The first kappa shape index (κ1) is 12.6. The van der Waals surface area contributed by atoms with Crippen molar-refractivity contribution in [2.24, 2.45) is 5.73 Å². The minimum absolute atomic E-state index is 0.00389. The van der Waals surface area contributed by atoms with Gasteiger partial charge in [0.2, 0.25) is 0 Å². The number of rotatable bonds is 2. The predicted octanol–water partition coefficient (Wildman–Crippen LogP) is 2.76. The van der Waals surface area contributed by atoms with E-state index >= 15 is 0 Å². The molecule has 2 aromatic heterocycles. The van der Waals surface area contributed by atoms with Crippen LogP contribution in [0.2, 0.25) is 0 Å². The number of amides is 1. The van der Waals surface area contributed by atoms with E-state index in [0.29, 0.717) is 15.8 Å². The van der Waals surface area contributed by atoms with Gasteiger partial charge in [-0.2, -0.15) is 0 Å². The Morgan fingerprint density at radius 1 is 1.30 bits per heavy atom. The summed E-state index contributed by atoms with van der Waals surface area (Å²) in [7, 11) is 0. The van der Waals surface area contributed by atoms with E-state index in [4.69, 9.17) is 10.2 Å². The van der Waals surface area contributed by atoms with Crippen molar-refractivity contribution in [1.29, 1.82) is 0 Å². The maximum absolute atomic E-state index is 13.5. The highest BCUT2D eigenvalue weighted by Crippen LogP contribution is 2.26. The Morgan fingerprint density at radius 2 is 2.10 bits per heavy atom. The molecule has 3 aromatic rings. The van der Waals surface area contributed by atoms with Crippen LogP contribution in [-0.2, 0) is 0 Å². The second-order valence-corrected chi connectivity index (χ2v) is 5.11. The number of benzene rings is 1. The van der Waals surface area contributed by atoms with Crippen molar-refractivity contribution < 1.29 is 13.6 Å². The zero-order valence-electron chi connectivity index (χ0n) is 10.1. The highest BCUT2D eigenvalue weighted by atomic mass is 32.1. The van der Waals surface area contributed by atoms with Crippen LogP contribution < -0.4 is 11.4 Å². The molecular weight excluding hydrogens is 281 g/mol. The Hall–Kier alpha value is -2.47. The van der Waals surface area contributed by atoms with E-state index in [1.165, 1.54) is 23.5 Å². The van der Waals surface area contributed by atoms with Crippen LogP contribution in [0.1, 0.15) is 10.4 Å². The van der Waals surface area contributed by atoms with Crippen LogP contribution in [0, 0.1) is 5.82 Å². The topological polar surface area (TPSA) is 73.3 Å². The minimum atomic E-state index is -0.846. The molecule has 0 bridgehead atoms. The normalized spacial score (nSPS) is 10.8. The minimum Gasteiger partial charge on any atom is -0.421 e. The molecule has 0 atom stereocenters. The number of hydrogen-bond donors (Lipinski definition) is 1. The fourth-order valence-electron chi connectivity index (χ4n) is 1.98. The van der Waals surface area contributed by atoms with Gasteiger partial charge in [0.1, 0.15) is 5.82 Å². The Bertz CT molecular complexity index is 868. The third kappa shape index (κ3) is 2.00. The summed E-state index contributed by atoms with van der Waals surface area (Å²) >= 11 is 1.37. The van der Waals surface area contributed by atoms with Crippen molar-refractivity contribution in [1.82, 2.24) is 0 Å². The van der Waals surface area contributed by atoms with Crippen LogP contribution in [0.5, 0.6) is 0 Å². The van der Waals surface area contributed by atoms with E-state index in [0.717, 1.165) is 6.07 Å². The third-order valence-electron chi connectivity index (χ3n) is 2.85. The van der Waals surface area contributed by atoms with E-state index in [1.807, 2.05) is 5.38 Å². The molecule has 0 saturated carbocycles.